The predicted octanol–water partition coefficient (Wildman–Crippen LogP) is 1.67. The highest BCUT2D eigenvalue weighted by atomic mass is 35.5. The molecule has 0 atom stereocenters. The van der Waals surface area contributed by atoms with Crippen LogP contribution in [0.15, 0.2) is 24.3 Å². The van der Waals surface area contributed by atoms with Crippen molar-refractivity contribution < 1.29 is 4.79 Å². The molecule has 2 aromatic rings. The van der Waals surface area contributed by atoms with E-state index < -0.39 is 0 Å². The number of carbonyl (C=O) groups is 1. The summed E-state index contributed by atoms with van der Waals surface area (Å²) in [4.78, 5) is 11.7. The van der Waals surface area contributed by atoms with Gasteiger partial charge in [-0.25, -0.2) is 0 Å². The average molecular weight is 237 g/mol. The Kier molecular flexibility index (Phi) is 3.26. The molecule has 0 aliphatic rings. The second-order valence-electron chi connectivity index (χ2n) is 3.26. The minimum atomic E-state index is 0.0206. The van der Waals surface area contributed by atoms with Crippen molar-refractivity contribution in [1.29, 1.82) is 0 Å². The van der Waals surface area contributed by atoms with Crippen LogP contribution in [0.25, 0.3) is 0 Å². The van der Waals surface area contributed by atoms with Gasteiger partial charge in [0.25, 0.3) is 0 Å². The SMILES string of the molecule is O=C(CCc1nn[nH]n1)c1cccc(Cl)c1. The lowest BCUT2D eigenvalue weighted by molar-refractivity contribution is 0.0982. The number of benzene rings is 1. The van der Waals surface area contributed by atoms with Crippen LogP contribution in [0.5, 0.6) is 0 Å². The number of carbonyl (C=O) groups excluding carboxylic acids is 1. The molecule has 0 bridgehead atoms. The van der Waals surface area contributed by atoms with Crippen molar-refractivity contribution in [3.8, 4) is 0 Å². The molecule has 1 heterocycles. The second-order valence-corrected chi connectivity index (χ2v) is 3.70. The van der Waals surface area contributed by atoms with Gasteiger partial charge in [-0.3, -0.25) is 4.79 Å². The summed E-state index contributed by atoms with van der Waals surface area (Å²) in [7, 11) is 0. The van der Waals surface area contributed by atoms with Gasteiger partial charge >= 0.3 is 0 Å². The third-order valence-electron chi connectivity index (χ3n) is 2.11. The highest BCUT2D eigenvalue weighted by molar-refractivity contribution is 6.31. The Morgan fingerprint density at radius 3 is 3.00 bits per heavy atom. The Bertz CT molecular complexity index is 483. The molecule has 1 aromatic heterocycles. The fourth-order valence-electron chi connectivity index (χ4n) is 1.32. The molecule has 16 heavy (non-hydrogen) atoms. The molecule has 0 saturated carbocycles. The molecule has 82 valence electrons. The van der Waals surface area contributed by atoms with Crippen molar-refractivity contribution in [2.45, 2.75) is 12.8 Å². The summed E-state index contributed by atoms with van der Waals surface area (Å²) in [5, 5.41) is 13.9. The molecular formula is C10H9ClN4O. The first kappa shape index (κ1) is 10.8. The predicted molar refractivity (Wildman–Crippen MR) is 58.3 cm³/mol. The van der Waals surface area contributed by atoms with Gasteiger partial charge in [0.05, 0.1) is 0 Å². The van der Waals surface area contributed by atoms with Gasteiger partial charge in [0.2, 0.25) is 0 Å². The first-order chi connectivity index (χ1) is 7.75. The zero-order valence-electron chi connectivity index (χ0n) is 8.35. The molecule has 0 radical (unpaired) electrons. The van der Waals surface area contributed by atoms with E-state index in [2.05, 4.69) is 20.6 Å². The molecular weight excluding hydrogens is 228 g/mol. The van der Waals surface area contributed by atoms with E-state index in [1.807, 2.05) is 0 Å². The van der Waals surface area contributed by atoms with Crippen molar-refractivity contribution in [2.24, 2.45) is 0 Å². The fraction of sp³-hybridized carbons (Fsp3) is 0.200. The fourth-order valence-corrected chi connectivity index (χ4v) is 1.51. The zero-order chi connectivity index (χ0) is 11.4. The van der Waals surface area contributed by atoms with E-state index in [0.29, 0.717) is 29.3 Å². The zero-order valence-corrected chi connectivity index (χ0v) is 9.11. The molecule has 5 nitrogen and oxygen atoms in total. The van der Waals surface area contributed by atoms with Gasteiger partial charge in [-0.15, -0.1) is 10.2 Å². The largest absolute Gasteiger partial charge is 0.294 e. The van der Waals surface area contributed by atoms with Gasteiger partial charge in [0.1, 0.15) is 0 Å². The van der Waals surface area contributed by atoms with Gasteiger partial charge in [-0.05, 0) is 12.1 Å². The quantitative estimate of drug-likeness (QED) is 0.820. The number of aromatic amines is 1. The Morgan fingerprint density at radius 2 is 2.31 bits per heavy atom. The first-order valence-electron chi connectivity index (χ1n) is 4.77. The molecule has 0 spiro atoms. The Balaban J connectivity index is 1.98. The molecule has 2 rings (SSSR count). The standard InChI is InChI=1S/C10H9ClN4O/c11-8-3-1-2-7(6-8)9(16)4-5-10-12-14-15-13-10/h1-3,6H,4-5H2,(H,12,13,14,15). The number of hydrogen-bond acceptors (Lipinski definition) is 4. The average Bonchev–Trinajstić information content (AvgIpc) is 2.78. The number of aromatic nitrogens is 4. The van der Waals surface area contributed by atoms with Crippen LogP contribution in [-0.2, 0) is 6.42 Å². The lowest BCUT2D eigenvalue weighted by Gasteiger charge is -1.99. The summed E-state index contributed by atoms with van der Waals surface area (Å²) in [6.45, 7) is 0. The maximum Gasteiger partial charge on any atom is 0.175 e. The topological polar surface area (TPSA) is 71.5 Å². The highest BCUT2D eigenvalue weighted by Crippen LogP contribution is 2.12. The van der Waals surface area contributed by atoms with Crippen LogP contribution >= 0.6 is 11.6 Å². The molecule has 0 saturated heterocycles. The minimum Gasteiger partial charge on any atom is -0.294 e. The van der Waals surface area contributed by atoms with Gasteiger partial charge in [-0.1, -0.05) is 28.9 Å². The normalized spacial score (nSPS) is 10.3. The smallest absolute Gasteiger partial charge is 0.175 e. The summed E-state index contributed by atoms with van der Waals surface area (Å²) in [6.07, 6.45) is 0.821. The van der Waals surface area contributed by atoms with Crippen molar-refractivity contribution in [2.75, 3.05) is 0 Å². The number of tetrazole rings is 1. The number of ketones is 1. The van der Waals surface area contributed by atoms with Crippen LogP contribution in [0, 0.1) is 0 Å². The van der Waals surface area contributed by atoms with Crippen molar-refractivity contribution in [1.82, 2.24) is 20.6 Å². The minimum absolute atomic E-state index is 0.0206. The molecule has 1 aromatic carbocycles. The number of rotatable bonds is 4. The molecule has 0 amide bonds. The van der Waals surface area contributed by atoms with Crippen LogP contribution in [0.2, 0.25) is 5.02 Å². The Labute approximate surface area is 96.8 Å². The van der Waals surface area contributed by atoms with Gasteiger partial charge in [0.15, 0.2) is 11.6 Å². The highest BCUT2D eigenvalue weighted by Gasteiger charge is 2.08. The van der Waals surface area contributed by atoms with Crippen molar-refractivity contribution >= 4 is 17.4 Å². The van der Waals surface area contributed by atoms with Crippen molar-refractivity contribution in [3.63, 3.8) is 0 Å². The van der Waals surface area contributed by atoms with Gasteiger partial charge in [0, 0.05) is 23.4 Å². The molecule has 6 heteroatoms. The van der Waals surface area contributed by atoms with E-state index in [1.165, 1.54) is 0 Å². The molecule has 0 aliphatic carbocycles. The van der Waals surface area contributed by atoms with E-state index in [9.17, 15) is 4.79 Å². The second kappa shape index (κ2) is 4.85. The Morgan fingerprint density at radius 1 is 1.44 bits per heavy atom. The van der Waals surface area contributed by atoms with Gasteiger partial charge in [-0.2, -0.15) is 5.21 Å². The number of nitrogens with zero attached hydrogens (tertiary/aromatic N) is 3. The van der Waals surface area contributed by atoms with Crippen LogP contribution in [0.3, 0.4) is 0 Å². The summed E-state index contributed by atoms with van der Waals surface area (Å²) in [6, 6.07) is 6.88. The maximum absolute atomic E-state index is 11.7. The molecule has 0 fully saturated rings. The Hall–Kier alpha value is -1.75. The third kappa shape index (κ3) is 2.64. The number of halogens is 1. The number of H-pyrrole nitrogens is 1. The number of nitrogens with one attached hydrogen (secondary N) is 1. The van der Waals surface area contributed by atoms with E-state index >= 15 is 0 Å². The van der Waals surface area contributed by atoms with Gasteiger partial charge < -0.3 is 0 Å². The molecule has 1 N–H and O–H groups in total. The van der Waals surface area contributed by atoms with E-state index in [4.69, 9.17) is 11.6 Å². The summed E-state index contributed by atoms with van der Waals surface area (Å²) in [5.74, 6) is 0.558. The van der Waals surface area contributed by atoms with Crippen LogP contribution in [-0.4, -0.2) is 26.4 Å². The maximum atomic E-state index is 11.7. The van der Waals surface area contributed by atoms with Crippen LogP contribution in [0.4, 0.5) is 0 Å². The lowest BCUT2D eigenvalue weighted by atomic mass is 10.1. The third-order valence-corrected chi connectivity index (χ3v) is 2.35. The van der Waals surface area contributed by atoms with E-state index in [-0.39, 0.29) is 5.78 Å². The number of hydrogen-bond donors (Lipinski definition) is 1. The molecule has 0 aliphatic heterocycles. The number of Topliss-reactive ketones (excluding diaryl/α,β-unsaturated/α-hetero) is 1. The van der Waals surface area contributed by atoms with Crippen LogP contribution < -0.4 is 0 Å². The van der Waals surface area contributed by atoms with Crippen molar-refractivity contribution in [3.05, 3.63) is 40.7 Å². The summed E-state index contributed by atoms with van der Waals surface area (Å²) < 4.78 is 0. The summed E-state index contributed by atoms with van der Waals surface area (Å²) in [5.41, 5.74) is 0.607. The summed E-state index contributed by atoms with van der Waals surface area (Å²) >= 11 is 5.80. The monoisotopic (exact) mass is 236 g/mol. The van der Waals surface area contributed by atoms with Crippen LogP contribution in [0.1, 0.15) is 22.6 Å². The van der Waals surface area contributed by atoms with E-state index in [1.54, 1.807) is 24.3 Å². The first-order valence-corrected chi connectivity index (χ1v) is 5.14. The number of aryl methyl sites for hydroxylation is 1. The molecule has 0 unspecified atom stereocenters. The lowest BCUT2D eigenvalue weighted by Crippen LogP contribution is -2.02. The van der Waals surface area contributed by atoms with E-state index in [0.717, 1.165) is 0 Å².